The molecule has 1 amide bonds. The van der Waals surface area contributed by atoms with Gasteiger partial charge in [0.15, 0.2) is 5.11 Å². The highest BCUT2D eigenvalue weighted by molar-refractivity contribution is 7.80. The summed E-state index contributed by atoms with van der Waals surface area (Å²) >= 11 is 5.29. The number of hydrogen-bond acceptors (Lipinski definition) is 3. The first-order chi connectivity index (χ1) is 11.6. The second-order valence-electron chi connectivity index (χ2n) is 5.55. The molecule has 1 heterocycles. The van der Waals surface area contributed by atoms with E-state index < -0.39 is 0 Å². The van der Waals surface area contributed by atoms with Crippen LogP contribution in [-0.4, -0.2) is 25.2 Å². The summed E-state index contributed by atoms with van der Waals surface area (Å²) in [4.78, 5) is 12.4. The fourth-order valence-electron chi connectivity index (χ4n) is 3.09. The van der Waals surface area contributed by atoms with Crippen LogP contribution in [0.4, 0.5) is 0 Å². The van der Waals surface area contributed by atoms with Gasteiger partial charge in [0.2, 0.25) is 0 Å². The highest BCUT2D eigenvalue weighted by atomic mass is 32.1. The molecule has 2 aromatic rings. The van der Waals surface area contributed by atoms with E-state index in [2.05, 4.69) is 16.0 Å². The van der Waals surface area contributed by atoms with Crippen molar-refractivity contribution in [3.63, 3.8) is 0 Å². The van der Waals surface area contributed by atoms with Crippen LogP contribution in [0.1, 0.15) is 18.5 Å². The van der Waals surface area contributed by atoms with Gasteiger partial charge in [0.25, 0.3) is 5.91 Å². The van der Waals surface area contributed by atoms with E-state index >= 15 is 0 Å². The van der Waals surface area contributed by atoms with Gasteiger partial charge in [-0.15, -0.1) is 0 Å². The lowest BCUT2D eigenvalue weighted by molar-refractivity contribution is -0.117. The molecule has 2 aromatic carbocycles. The fraction of sp³-hybridized carbons (Fsp3) is 0.222. The number of fused-ring (bicyclic) bond motifs is 1. The van der Waals surface area contributed by atoms with Gasteiger partial charge in [-0.25, -0.2) is 0 Å². The summed E-state index contributed by atoms with van der Waals surface area (Å²) < 4.78 is 5.46. The lowest BCUT2D eigenvalue weighted by Gasteiger charge is -2.31. The molecule has 5 nitrogen and oxygen atoms in total. The van der Waals surface area contributed by atoms with Crippen LogP contribution in [0.2, 0.25) is 0 Å². The molecule has 0 aromatic heterocycles. The van der Waals surface area contributed by atoms with Gasteiger partial charge in [0.05, 0.1) is 18.7 Å². The van der Waals surface area contributed by atoms with E-state index in [1.807, 2.05) is 43.3 Å². The Kier molecular flexibility index (Phi) is 4.40. The highest BCUT2D eigenvalue weighted by Gasteiger charge is 2.30. The zero-order valence-electron chi connectivity index (χ0n) is 13.8. The molecule has 124 valence electrons. The Morgan fingerprint density at radius 1 is 1.21 bits per heavy atom. The number of ether oxygens (including phenoxy) is 1. The highest BCUT2D eigenvalue weighted by Crippen LogP contribution is 2.35. The molecule has 0 saturated heterocycles. The Morgan fingerprint density at radius 3 is 2.58 bits per heavy atom. The summed E-state index contributed by atoms with van der Waals surface area (Å²) in [5, 5.41) is 11.5. The second-order valence-corrected chi connectivity index (χ2v) is 5.96. The summed E-state index contributed by atoms with van der Waals surface area (Å²) in [6.45, 7) is 1.86. The van der Waals surface area contributed by atoms with Crippen molar-refractivity contribution in [3.8, 4) is 5.75 Å². The first-order valence-corrected chi connectivity index (χ1v) is 8.03. The largest absolute Gasteiger partial charge is 0.496 e. The summed E-state index contributed by atoms with van der Waals surface area (Å²) in [7, 11) is 3.28. The van der Waals surface area contributed by atoms with Crippen molar-refractivity contribution < 1.29 is 9.53 Å². The minimum absolute atomic E-state index is 0.139. The maximum atomic E-state index is 12.4. The van der Waals surface area contributed by atoms with Crippen LogP contribution < -0.4 is 20.7 Å². The molecule has 1 aliphatic rings. The van der Waals surface area contributed by atoms with E-state index in [9.17, 15) is 4.79 Å². The summed E-state index contributed by atoms with van der Waals surface area (Å²) in [5.74, 6) is 0.660. The summed E-state index contributed by atoms with van der Waals surface area (Å²) in [6, 6.07) is 11.5. The summed E-state index contributed by atoms with van der Waals surface area (Å²) in [6.07, 6.45) is 0. The topological polar surface area (TPSA) is 62.4 Å². The number of thiocarbonyl (C=S) groups is 1. The average molecular weight is 341 g/mol. The third-order valence-electron chi connectivity index (χ3n) is 4.19. The molecule has 1 atom stereocenters. The Morgan fingerprint density at radius 2 is 1.92 bits per heavy atom. The van der Waals surface area contributed by atoms with Gasteiger partial charge in [-0.2, -0.15) is 0 Å². The van der Waals surface area contributed by atoms with Crippen LogP contribution in [-0.2, 0) is 4.79 Å². The van der Waals surface area contributed by atoms with Crippen molar-refractivity contribution in [2.24, 2.45) is 0 Å². The van der Waals surface area contributed by atoms with Gasteiger partial charge in [-0.3, -0.25) is 4.79 Å². The van der Waals surface area contributed by atoms with Crippen LogP contribution in [0.25, 0.3) is 10.8 Å². The first-order valence-electron chi connectivity index (χ1n) is 7.62. The Bertz CT molecular complexity index is 860. The van der Waals surface area contributed by atoms with Gasteiger partial charge in [-0.1, -0.05) is 30.3 Å². The molecule has 0 aliphatic carbocycles. The van der Waals surface area contributed by atoms with Gasteiger partial charge < -0.3 is 20.7 Å². The Hall–Kier alpha value is -2.60. The van der Waals surface area contributed by atoms with Crippen molar-refractivity contribution in [3.05, 3.63) is 53.2 Å². The zero-order chi connectivity index (χ0) is 17.3. The van der Waals surface area contributed by atoms with E-state index in [0.29, 0.717) is 10.7 Å². The maximum Gasteiger partial charge on any atom is 0.251 e. The minimum atomic E-state index is -0.325. The molecule has 0 fully saturated rings. The van der Waals surface area contributed by atoms with Crippen LogP contribution in [0.3, 0.4) is 0 Å². The summed E-state index contributed by atoms with van der Waals surface area (Å²) in [5.41, 5.74) is 2.36. The molecule has 0 radical (unpaired) electrons. The molecule has 3 N–H and O–H groups in total. The number of rotatable bonds is 3. The number of benzene rings is 2. The molecule has 0 saturated carbocycles. The van der Waals surface area contributed by atoms with Crippen molar-refractivity contribution in [1.29, 1.82) is 0 Å². The maximum absolute atomic E-state index is 12.4. The minimum Gasteiger partial charge on any atom is -0.496 e. The average Bonchev–Trinajstić information content (AvgIpc) is 2.59. The number of carbonyl (C=O) groups excluding carboxylic acids is 1. The first kappa shape index (κ1) is 16.3. The molecule has 0 unspecified atom stereocenters. The molecule has 0 spiro atoms. The Balaban J connectivity index is 2.23. The molecule has 3 rings (SSSR count). The molecule has 24 heavy (non-hydrogen) atoms. The SMILES string of the molecule is CNC(=O)C1=C(C)NC(=S)N[C@H]1c1ccc(OC)c2ccccc12. The third-order valence-corrected chi connectivity index (χ3v) is 4.41. The molecule has 1 aliphatic heterocycles. The van der Waals surface area contributed by atoms with Gasteiger partial charge >= 0.3 is 0 Å². The van der Waals surface area contributed by atoms with Crippen LogP contribution in [0, 0.1) is 0 Å². The third kappa shape index (κ3) is 2.69. The standard InChI is InChI=1S/C18H19N3O2S/c1-10-15(17(22)19-2)16(21-18(24)20-10)13-8-9-14(23-3)12-7-5-4-6-11(12)13/h4-9,16H,1-3H3,(H,19,22)(H2,20,21,24)/t16-/m0/s1. The van der Waals surface area contributed by atoms with Crippen molar-refractivity contribution in [2.45, 2.75) is 13.0 Å². The Labute approximate surface area is 146 Å². The number of nitrogens with one attached hydrogen (secondary N) is 3. The van der Waals surface area contributed by atoms with E-state index in [0.717, 1.165) is 27.8 Å². The number of methoxy groups -OCH3 is 1. The van der Waals surface area contributed by atoms with Crippen molar-refractivity contribution >= 4 is 34.0 Å². The van der Waals surface area contributed by atoms with Crippen molar-refractivity contribution in [2.75, 3.05) is 14.2 Å². The second kappa shape index (κ2) is 6.49. The fourth-order valence-corrected chi connectivity index (χ4v) is 3.36. The molecular formula is C18H19N3O2S. The lowest BCUT2D eigenvalue weighted by Crippen LogP contribution is -2.46. The predicted octanol–water partition coefficient (Wildman–Crippen LogP) is 2.39. The van der Waals surface area contributed by atoms with Crippen molar-refractivity contribution in [1.82, 2.24) is 16.0 Å². The van der Waals surface area contributed by atoms with E-state index in [1.54, 1.807) is 14.2 Å². The smallest absolute Gasteiger partial charge is 0.251 e. The van der Waals surface area contributed by atoms with Crippen LogP contribution in [0.15, 0.2) is 47.7 Å². The van der Waals surface area contributed by atoms with Crippen LogP contribution in [0.5, 0.6) is 5.75 Å². The van der Waals surface area contributed by atoms with Crippen LogP contribution >= 0.6 is 12.2 Å². The molecule has 6 heteroatoms. The zero-order valence-corrected chi connectivity index (χ0v) is 14.6. The van der Waals surface area contributed by atoms with Gasteiger partial charge in [0.1, 0.15) is 5.75 Å². The normalized spacial score (nSPS) is 17.3. The number of hydrogen-bond donors (Lipinski definition) is 3. The molecule has 0 bridgehead atoms. The predicted molar refractivity (Wildman–Crippen MR) is 98.9 cm³/mol. The van der Waals surface area contributed by atoms with E-state index in [4.69, 9.17) is 17.0 Å². The van der Waals surface area contributed by atoms with E-state index in [1.165, 1.54) is 0 Å². The van der Waals surface area contributed by atoms with Gasteiger partial charge in [-0.05, 0) is 36.2 Å². The number of carbonyl (C=O) groups is 1. The van der Waals surface area contributed by atoms with Gasteiger partial charge in [0, 0.05) is 18.1 Å². The lowest BCUT2D eigenvalue weighted by atomic mass is 9.91. The van der Waals surface area contributed by atoms with E-state index in [-0.39, 0.29) is 11.9 Å². The quantitative estimate of drug-likeness (QED) is 0.748. The number of amides is 1. The number of likely N-dealkylation sites (N-methyl/N-ethyl adjacent to an activating group) is 1. The monoisotopic (exact) mass is 341 g/mol. The molecular weight excluding hydrogens is 322 g/mol. The number of allylic oxidation sites excluding steroid dienone is 1.